The molecule has 86 valence electrons. The van der Waals surface area contributed by atoms with Crippen LogP contribution in [0.5, 0.6) is 0 Å². The lowest BCUT2D eigenvalue weighted by Gasteiger charge is -2.20. The van der Waals surface area contributed by atoms with Crippen molar-refractivity contribution in [2.75, 3.05) is 26.3 Å². The number of aliphatic hydroxyl groups is 3. The van der Waals surface area contributed by atoms with Crippen LogP contribution in [0.1, 0.15) is 32.6 Å². The second-order valence-electron chi connectivity index (χ2n) is 3.97. The average Bonchev–Trinajstić information content (AvgIpc) is 2.16. The van der Waals surface area contributed by atoms with Crippen molar-refractivity contribution in [1.82, 2.24) is 5.32 Å². The van der Waals surface area contributed by atoms with Crippen molar-refractivity contribution in [2.24, 2.45) is 0 Å². The number of hydrogen-bond acceptors (Lipinski definition) is 4. The van der Waals surface area contributed by atoms with Crippen LogP contribution in [0.3, 0.4) is 0 Å². The van der Waals surface area contributed by atoms with E-state index in [2.05, 4.69) is 5.32 Å². The van der Waals surface area contributed by atoms with E-state index in [1.807, 2.05) is 0 Å². The third-order valence-electron chi connectivity index (χ3n) is 2.11. The molecule has 0 aromatic heterocycles. The predicted molar refractivity (Wildman–Crippen MR) is 56.1 cm³/mol. The van der Waals surface area contributed by atoms with Gasteiger partial charge in [0, 0.05) is 13.2 Å². The van der Waals surface area contributed by atoms with Gasteiger partial charge in [0.05, 0.1) is 12.2 Å². The Labute approximate surface area is 86.0 Å². The first-order valence-electron chi connectivity index (χ1n) is 5.27. The fourth-order valence-electron chi connectivity index (χ4n) is 1.13. The van der Waals surface area contributed by atoms with Gasteiger partial charge in [0.25, 0.3) is 0 Å². The van der Waals surface area contributed by atoms with Crippen molar-refractivity contribution in [2.45, 2.75) is 38.2 Å². The van der Waals surface area contributed by atoms with Gasteiger partial charge < -0.3 is 20.6 Å². The number of nitrogens with one attached hydrogen (secondary N) is 1. The molecule has 0 rings (SSSR count). The highest BCUT2D eigenvalue weighted by molar-refractivity contribution is 4.73. The van der Waals surface area contributed by atoms with Crippen molar-refractivity contribution in [3.8, 4) is 0 Å². The second kappa shape index (κ2) is 8.17. The van der Waals surface area contributed by atoms with Gasteiger partial charge in [-0.2, -0.15) is 0 Å². The van der Waals surface area contributed by atoms with Crippen LogP contribution < -0.4 is 5.32 Å². The highest BCUT2D eigenvalue weighted by Gasteiger charge is 2.17. The van der Waals surface area contributed by atoms with Crippen LogP contribution in [-0.2, 0) is 0 Å². The molecule has 1 atom stereocenters. The maximum atomic E-state index is 9.42. The molecule has 0 aliphatic heterocycles. The Morgan fingerprint density at radius 2 is 1.71 bits per heavy atom. The molecule has 0 saturated heterocycles. The van der Waals surface area contributed by atoms with E-state index in [9.17, 15) is 5.11 Å². The Bertz CT molecular complexity index is 129. The molecule has 0 aromatic carbocycles. The summed E-state index contributed by atoms with van der Waals surface area (Å²) in [5.41, 5.74) is -1.01. The topological polar surface area (TPSA) is 72.7 Å². The van der Waals surface area contributed by atoms with E-state index < -0.39 is 5.60 Å². The molecule has 0 aliphatic rings. The van der Waals surface area contributed by atoms with E-state index in [1.165, 1.54) is 0 Å². The number of hydrogen-bond donors (Lipinski definition) is 4. The highest BCUT2D eigenvalue weighted by Crippen LogP contribution is 2.00. The van der Waals surface area contributed by atoms with Gasteiger partial charge >= 0.3 is 0 Å². The predicted octanol–water partition coefficient (Wildman–Crippen LogP) is -0.128. The summed E-state index contributed by atoms with van der Waals surface area (Å²) in [4.78, 5) is 0. The van der Waals surface area contributed by atoms with Crippen molar-refractivity contribution in [3.05, 3.63) is 0 Å². The van der Waals surface area contributed by atoms with E-state index in [0.717, 1.165) is 32.2 Å². The van der Waals surface area contributed by atoms with E-state index in [1.54, 1.807) is 6.92 Å². The van der Waals surface area contributed by atoms with E-state index in [-0.39, 0.29) is 13.2 Å². The van der Waals surface area contributed by atoms with Crippen LogP contribution in [0.15, 0.2) is 0 Å². The van der Waals surface area contributed by atoms with E-state index >= 15 is 0 Å². The fraction of sp³-hybridized carbons (Fsp3) is 1.00. The zero-order valence-corrected chi connectivity index (χ0v) is 9.00. The van der Waals surface area contributed by atoms with Gasteiger partial charge in [-0.05, 0) is 26.3 Å². The van der Waals surface area contributed by atoms with Gasteiger partial charge in [0.2, 0.25) is 0 Å². The van der Waals surface area contributed by atoms with Crippen LogP contribution >= 0.6 is 0 Å². The van der Waals surface area contributed by atoms with Crippen molar-refractivity contribution >= 4 is 0 Å². The fourth-order valence-corrected chi connectivity index (χ4v) is 1.13. The summed E-state index contributed by atoms with van der Waals surface area (Å²) in [5, 5.41) is 29.8. The van der Waals surface area contributed by atoms with Crippen LogP contribution in [0, 0.1) is 0 Å². The molecule has 0 fully saturated rings. The molecule has 0 bridgehead atoms. The Hall–Kier alpha value is -0.160. The van der Waals surface area contributed by atoms with Crippen LogP contribution in [-0.4, -0.2) is 47.2 Å². The normalized spacial score (nSPS) is 15.4. The second-order valence-corrected chi connectivity index (χ2v) is 3.97. The molecule has 0 radical (unpaired) electrons. The minimum Gasteiger partial charge on any atom is -0.396 e. The summed E-state index contributed by atoms with van der Waals surface area (Å²) >= 11 is 0. The maximum absolute atomic E-state index is 9.42. The largest absolute Gasteiger partial charge is 0.396 e. The minimum atomic E-state index is -1.01. The molecule has 4 nitrogen and oxygen atoms in total. The Morgan fingerprint density at radius 1 is 1.07 bits per heavy atom. The summed E-state index contributed by atoms with van der Waals surface area (Å²) in [7, 11) is 0. The number of rotatable bonds is 9. The Morgan fingerprint density at radius 3 is 2.29 bits per heavy atom. The van der Waals surface area contributed by atoms with Crippen LogP contribution in [0.25, 0.3) is 0 Å². The van der Waals surface area contributed by atoms with Gasteiger partial charge in [0.15, 0.2) is 0 Å². The molecule has 0 aromatic rings. The van der Waals surface area contributed by atoms with Gasteiger partial charge in [-0.1, -0.05) is 12.8 Å². The zero-order valence-electron chi connectivity index (χ0n) is 9.00. The molecule has 4 heteroatoms. The highest BCUT2D eigenvalue weighted by atomic mass is 16.3. The number of aliphatic hydroxyl groups excluding tert-OH is 2. The van der Waals surface area contributed by atoms with E-state index in [4.69, 9.17) is 10.2 Å². The van der Waals surface area contributed by atoms with Crippen molar-refractivity contribution in [1.29, 1.82) is 0 Å². The van der Waals surface area contributed by atoms with Crippen LogP contribution in [0.4, 0.5) is 0 Å². The average molecular weight is 205 g/mol. The third kappa shape index (κ3) is 8.44. The van der Waals surface area contributed by atoms with Crippen molar-refractivity contribution < 1.29 is 15.3 Å². The Balaban J connectivity index is 3.13. The number of unbranched alkanes of at least 4 members (excludes halogenated alkanes) is 3. The molecule has 1 unspecified atom stereocenters. The first-order chi connectivity index (χ1) is 6.62. The SMILES string of the molecule is CC(O)(CO)CNCCCCCCO. The lowest BCUT2D eigenvalue weighted by atomic mass is 10.1. The standard InChI is InChI=1S/C10H23NO3/c1-10(14,9-13)8-11-6-4-2-3-5-7-12/h11-14H,2-9H2,1H3. The van der Waals surface area contributed by atoms with Crippen LogP contribution in [0.2, 0.25) is 0 Å². The molecular weight excluding hydrogens is 182 g/mol. The molecule has 0 heterocycles. The summed E-state index contributed by atoms with van der Waals surface area (Å²) < 4.78 is 0. The summed E-state index contributed by atoms with van der Waals surface area (Å²) in [6.07, 6.45) is 4.05. The van der Waals surface area contributed by atoms with Gasteiger partial charge in [-0.25, -0.2) is 0 Å². The lowest BCUT2D eigenvalue weighted by molar-refractivity contribution is 0.00286. The zero-order chi connectivity index (χ0) is 10.9. The molecule has 0 spiro atoms. The summed E-state index contributed by atoms with van der Waals surface area (Å²) in [6.45, 7) is 2.92. The van der Waals surface area contributed by atoms with Crippen molar-refractivity contribution in [3.63, 3.8) is 0 Å². The molecule has 0 aliphatic carbocycles. The van der Waals surface area contributed by atoms with Gasteiger partial charge in [-0.15, -0.1) is 0 Å². The molecule has 14 heavy (non-hydrogen) atoms. The third-order valence-corrected chi connectivity index (χ3v) is 2.11. The van der Waals surface area contributed by atoms with Gasteiger partial charge in [0.1, 0.15) is 0 Å². The monoisotopic (exact) mass is 205 g/mol. The molecule has 0 amide bonds. The summed E-state index contributed by atoms with van der Waals surface area (Å²) in [6, 6.07) is 0. The maximum Gasteiger partial charge on any atom is 0.0972 e. The first kappa shape index (κ1) is 13.8. The minimum absolute atomic E-state index is 0.218. The Kier molecular flexibility index (Phi) is 8.08. The first-order valence-corrected chi connectivity index (χ1v) is 5.27. The molecule has 0 saturated carbocycles. The summed E-state index contributed by atoms with van der Waals surface area (Å²) in [5.74, 6) is 0. The molecular formula is C10H23NO3. The molecule has 4 N–H and O–H groups in total. The van der Waals surface area contributed by atoms with Gasteiger partial charge in [-0.3, -0.25) is 0 Å². The van der Waals surface area contributed by atoms with E-state index in [0.29, 0.717) is 6.54 Å². The lowest BCUT2D eigenvalue weighted by Crippen LogP contribution is -2.41. The smallest absolute Gasteiger partial charge is 0.0972 e. The quantitative estimate of drug-likeness (QED) is 0.396.